The van der Waals surface area contributed by atoms with Crippen molar-refractivity contribution in [2.75, 3.05) is 37.8 Å². The fraction of sp³-hybridized carbons (Fsp3) is 0.600. The van der Waals surface area contributed by atoms with Crippen molar-refractivity contribution in [3.8, 4) is 5.75 Å². The molecule has 0 saturated heterocycles. The topological polar surface area (TPSA) is 50.5 Å². The summed E-state index contributed by atoms with van der Waals surface area (Å²) in [5.41, 5.74) is 7.71. The van der Waals surface area contributed by atoms with Crippen LogP contribution in [-0.4, -0.2) is 37.7 Å². The Balaban J connectivity index is 2.43. The van der Waals surface area contributed by atoms with Crippen LogP contribution in [0.2, 0.25) is 0 Å². The molecule has 0 aliphatic rings. The molecule has 0 spiro atoms. The monoisotopic (exact) mass is 265 g/mol. The number of nitrogen functional groups attached to an aromatic ring is 1. The van der Waals surface area contributed by atoms with Gasteiger partial charge >= 0.3 is 0 Å². The van der Waals surface area contributed by atoms with Gasteiger partial charge in [0.2, 0.25) is 0 Å². The minimum atomic E-state index is 0.589. The highest BCUT2D eigenvalue weighted by atomic mass is 16.5. The first-order chi connectivity index (χ1) is 9.06. The van der Waals surface area contributed by atoms with Crippen LogP contribution in [0, 0.1) is 0 Å². The van der Waals surface area contributed by atoms with Gasteiger partial charge in [-0.1, -0.05) is 6.07 Å². The van der Waals surface area contributed by atoms with Crippen LogP contribution in [0.4, 0.5) is 11.4 Å². The maximum Gasteiger partial charge on any atom is 0.144 e. The van der Waals surface area contributed by atoms with E-state index in [1.807, 2.05) is 25.1 Å². The van der Waals surface area contributed by atoms with Crippen molar-refractivity contribution < 1.29 is 4.74 Å². The fourth-order valence-electron chi connectivity index (χ4n) is 1.79. The molecule has 0 aliphatic carbocycles. The Morgan fingerprint density at radius 1 is 1.37 bits per heavy atom. The van der Waals surface area contributed by atoms with Crippen LogP contribution in [0.1, 0.15) is 27.2 Å². The highest BCUT2D eigenvalue weighted by Gasteiger charge is 2.06. The SMILES string of the molecule is CCOc1cccc(NCCCN(C)C(C)C)c1N. The summed E-state index contributed by atoms with van der Waals surface area (Å²) in [6.45, 7) is 8.99. The summed E-state index contributed by atoms with van der Waals surface area (Å²) in [5.74, 6) is 0.756. The van der Waals surface area contributed by atoms with Gasteiger partial charge < -0.3 is 20.7 Å². The number of hydrogen-bond acceptors (Lipinski definition) is 4. The molecule has 0 fully saturated rings. The average molecular weight is 265 g/mol. The Hall–Kier alpha value is -1.42. The minimum Gasteiger partial charge on any atom is -0.492 e. The van der Waals surface area contributed by atoms with E-state index in [0.717, 1.165) is 30.9 Å². The van der Waals surface area contributed by atoms with E-state index < -0.39 is 0 Å². The lowest BCUT2D eigenvalue weighted by atomic mass is 10.2. The predicted molar refractivity (Wildman–Crippen MR) is 82.9 cm³/mol. The molecule has 3 N–H and O–H groups in total. The molecule has 0 unspecified atom stereocenters. The molecule has 19 heavy (non-hydrogen) atoms. The third-order valence-corrected chi connectivity index (χ3v) is 3.25. The highest BCUT2D eigenvalue weighted by molar-refractivity contribution is 5.72. The van der Waals surface area contributed by atoms with Gasteiger partial charge in [-0.15, -0.1) is 0 Å². The van der Waals surface area contributed by atoms with Crippen LogP contribution in [0.15, 0.2) is 18.2 Å². The molecule has 0 atom stereocenters. The first kappa shape index (κ1) is 15.6. The molecular formula is C15H27N3O. The Morgan fingerprint density at radius 2 is 2.11 bits per heavy atom. The number of ether oxygens (including phenoxy) is 1. The zero-order chi connectivity index (χ0) is 14.3. The summed E-state index contributed by atoms with van der Waals surface area (Å²) < 4.78 is 5.48. The third kappa shape index (κ3) is 4.99. The number of benzene rings is 1. The number of anilines is 2. The molecule has 4 heteroatoms. The fourth-order valence-corrected chi connectivity index (χ4v) is 1.79. The lowest BCUT2D eigenvalue weighted by Crippen LogP contribution is -2.28. The Morgan fingerprint density at radius 3 is 2.74 bits per heavy atom. The quantitative estimate of drug-likeness (QED) is 0.560. The van der Waals surface area contributed by atoms with E-state index in [4.69, 9.17) is 10.5 Å². The van der Waals surface area contributed by atoms with Crippen LogP contribution in [-0.2, 0) is 0 Å². The lowest BCUT2D eigenvalue weighted by molar-refractivity contribution is 0.273. The van der Waals surface area contributed by atoms with Gasteiger partial charge in [0.1, 0.15) is 5.75 Å². The van der Waals surface area contributed by atoms with E-state index in [1.165, 1.54) is 0 Å². The van der Waals surface area contributed by atoms with Gasteiger partial charge in [0, 0.05) is 12.6 Å². The van der Waals surface area contributed by atoms with Gasteiger partial charge in [0.25, 0.3) is 0 Å². The Labute approximate surface area is 116 Å². The molecule has 0 heterocycles. The molecule has 0 amide bonds. The molecular weight excluding hydrogens is 238 g/mol. The van der Waals surface area contributed by atoms with Crippen LogP contribution >= 0.6 is 0 Å². The van der Waals surface area contributed by atoms with Crippen LogP contribution in [0.5, 0.6) is 5.75 Å². The predicted octanol–water partition coefficient (Wildman–Crippen LogP) is 2.81. The zero-order valence-electron chi connectivity index (χ0n) is 12.6. The summed E-state index contributed by atoms with van der Waals surface area (Å²) >= 11 is 0. The molecule has 1 aromatic rings. The average Bonchev–Trinajstić information content (AvgIpc) is 2.38. The van der Waals surface area contributed by atoms with Gasteiger partial charge in [-0.3, -0.25) is 0 Å². The number of nitrogens with one attached hydrogen (secondary N) is 1. The van der Waals surface area contributed by atoms with Crippen molar-refractivity contribution >= 4 is 11.4 Å². The lowest BCUT2D eigenvalue weighted by Gasteiger charge is -2.21. The molecule has 1 aromatic carbocycles. The van der Waals surface area contributed by atoms with Crippen LogP contribution in [0.3, 0.4) is 0 Å². The first-order valence-electron chi connectivity index (χ1n) is 7.01. The van der Waals surface area contributed by atoms with Crippen molar-refractivity contribution in [2.24, 2.45) is 0 Å². The molecule has 0 radical (unpaired) electrons. The molecule has 0 aromatic heterocycles. The first-order valence-corrected chi connectivity index (χ1v) is 7.01. The second kappa shape index (κ2) is 7.89. The Bertz CT molecular complexity index is 380. The Kier molecular flexibility index (Phi) is 6.50. The van der Waals surface area contributed by atoms with Crippen LogP contribution in [0.25, 0.3) is 0 Å². The van der Waals surface area contributed by atoms with Gasteiger partial charge in [0.15, 0.2) is 0 Å². The van der Waals surface area contributed by atoms with Crippen LogP contribution < -0.4 is 15.8 Å². The second-order valence-corrected chi connectivity index (χ2v) is 5.01. The molecule has 4 nitrogen and oxygen atoms in total. The molecule has 108 valence electrons. The van der Waals surface area contributed by atoms with Gasteiger partial charge in [0.05, 0.1) is 18.0 Å². The van der Waals surface area contributed by atoms with Gasteiger partial charge in [-0.2, -0.15) is 0 Å². The van der Waals surface area contributed by atoms with Crippen molar-refractivity contribution in [2.45, 2.75) is 33.2 Å². The summed E-state index contributed by atoms with van der Waals surface area (Å²) in [6.07, 6.45) is 1.09. The van der Waals surface area contributed by atoms with Gasteiger partial charge in [-0.05, 0) is 52.9 Å². The van der Waals surface area contributed by atoms with Crippen molar-refractivity contribution in [1.29, 1.82) is 0 Å². The maximum atomic E-state index is 6.06. The van der Waals surface area contributed by atoms with E-state index in [0.29, 0.717) is 18.3 Å². The van der Waals surface area contributed by atoms with Crippen molar-refractivity contribution in [3.63, 3.8) is 0 Å². The van der Waals surface area contributed by atoms with E-state index in [9.17, 15) is 0 Å². The number of nitrogens with zero attached hydrogens (tertiary/aromatic N) is 1. The number of hydrogen-bond donors (Lipinski definition) is 2. The van der Waals surface area contributed by atoms with E-state index in [1.54, 1.807) is 0 Å². The molecule has 1 rings (SSSR count). The number of para-hydroxylation sites is 1. The van der Waals surface area contributed by atoms with E-state index >= 15 is 0 Å². The number of rotatable bonds is 8. The summed E-state index contributed by atoms with van der Waals surface area (Å²) in [7, 11) is 2.15. The van der Waals surface area contributed by atoms with E-state index in [2.05, 4.69) is 31.1 Å². The zero-order valence-corrected chi connectivity index (χ0v) is 12.6. The minimum absolute atomic E-state index is 0.589. The molecule has 0 bridgehead atoms. The molecule has 0 saturated carbocycles. The highest BCUT2D eigenvalue weighted by Crippen LogP contribution is 2.29. The van der Waals surface area contributed by atoms with Gasteiger partial charge in [-0.25, -0.2) is 0 Å². The smallest absolute Gasteiger partial charge is 0.144 e. The second-order valence-electron chi connectivity index (χ2n) is 5.01. The normalized spacial score (nSPS) is 11.1. The van der Waals surface area contributed by atoms with E-state index in [-0.39, 0.29) is 0 Å². The summed E-state index contributed by atoms with van der Waals surface area (Å²) in [4.78, 5) is 2.33. The maximum absolute atomic E-state index is 6.06. The summed E-state index contributed by atoms with van der Waals surface area (Å²) in [6, 6.07) is 6.44. The van der Waals surface area contributed by atoms with Crippen molar-refractivity contribution in [3.05, 3.63) is 18.2 Å². The van der Waals surface area contributed by atoms with Crippen molar-refractivity contribution in [1.82, 2.24) is 4.90 Å². The summed E-state index contributed by atoms with van der Waals surface area (Å²) in [5, 5.41) is 3.37. The molecule has 0 aliphatic heterocycles. The number of nitrogens with two attached hydrogens (primary N) is 1. The standard InChI is InChI=1S/C15H27N3O/c1-5-19-14-9-6-8-13(15(14)16)17-10-7-11-18(4)12(2)3/h6,8-9,12,17H,5,7,10-11,16H2,1-4H3. The largest absolute Gasteiger partial charge is 0.492 e. The third-order valence-electron chi connectivity index (χ3n) is 3.25.